The molecule has 10 N–H and O–H groups in total. The molecule has 2 unspecified atom stereocenters. The third-order valence-corrected chi connectivity index (χ3v) is 9.57. The third-order valence-electron chi connectivity index (χ3n) is 6.97. The number of aromatic amines is 1. The molecule has 2 aliphatic rings. The van der Waals surface area contributed by atoms with Crippen molar-refractivity contribution < 1.29 is 76.8 Å². The van der Waals surface area contributed by atoms with Crippen LogP contribution in [0.3, 0.4) is 0 Å². The molecule has 0 radical (unpaired) electrons. The average molecular weight is 728 g/mol. The summed E-state index contributed by atoms with van der Waals surface area (Å²) < 4.78 is 56.4. The van der Waals surface area contributed by atoms with E-state index in [-0.39, 0.29) is 29.4 Å². The number of carbonyl (C=O) groups excluding carboxylic acids is 1. The molecule has 2 saturated heterocycles. The lowest BCUT2D eigenvalue weighted by Gasteiger charge is -2.40. The van der Waals surface area contributed by atoms with Crippen LogP contribution < -0.4 is 11.3 Å². The molecule has 27 heteroatoms. The van der Waals surface area contributed by atoms with Crippen molar-refractivity contribution in [1.82, 2.24) is 34.5 Å². The second-order valence-electron chi connectivity index (χ2n) is 10.3. The van der Waals surface area contributed by atoms with Gasteiger partial charge < -0.3 is 55.3 Å². The molecular weight excluding hydrogens is 698 g/mol. The highest BCUT2D eigenvalue weighted by molar-refractivity contribution is 7.61. The lowest BCUT2D eigenvalue weighted by atomic mass is 9.99. The number of phosphoric acid groups is 2. The van der Waals surface area contributed by atoms with Gasteiger partial charge in [-0.25, -0.2) is 23.6 Å². The van der Waals surface area contributed by atoms with E-state index in [1.54, 1.807) is 6.92 Å². The van der Waals surface area contributed by atoms with Gasteiger partial charge in [-0.15, -0.1) is 5.10 Å². The van der Waals surface area contributed by atoms with E-state index in [4.69, 9.17) is 19.9 Å². The van der Waals surface area contributed by atoms with E-state index in [0.717, 1.165) is 21.8 Å². The van der Waals surface area contributed by atoms with Crippen molar-refractivity contribution in [3.05, 3.63) is 28.6 Å². The number of nitrogens with zero attached hydrogens (tertiary/aromatic N) is 6. The minimum atomic E-state index is -5.70. The Labute approximate surface area is 266 Å². The molecule has 2 fully saturated rings. The lowest BCUT2D eigenvalue weighted by molar-refractivity contribution is -0.278. The molecule has 5 rings (SSSR count). The number of anilines is 1. The molecule has 48 heavy (non-hydrogen) atoms. The number of imidazole rings is 1. The Morgan fingerprint density at radius 1 is 1.04 bits per heavy atom. The summed E-state index contributed by atoms with van der Waals surface area (Å²) in [5.41, 5.74) is 4.33. The Morgan fingerprint density at radius 3 is 2.46 bits per heavy atom. The molecule has 3 aromatic rings. The number of ether oxygens (including phenoxy) is 3. The second-order valence-corrected chi connectivity index (χ2v) is 13.3. The van der Waals surface area contributed by atoms with E-state index in [9.17, 15) is 54.0 Å². The first kappa shape index (κ1) is 36.0. The number of hydrogen-bond donors (Lipinski definition) is 9. The third kappa shape index (κ3) is 7.64. The summed E-state index contributed by atoms with van der Waals surface area (Å²) in [6, 6.07) is 0. The zero-order valence-corrected chi connectivity index (χ0v) is 26.1. The predicted octanol–water partition coefficient (Wildman–Crippen LogP) is -4.15. The van der Waals surface area contributed by atoms with Gasteiger partial charge in [0.2, 0.25) is 5.95 Å². The van der Waals surface area contributed by atoms with Crippen LogP contribution in [0.15, 0.2) is 17.3 Å². The number of esters is 1. The second kappa shape index (κ2) is 13.9. The summed E-state index contributed by atoms with van der Waals surface area (Å²) in [5, 5.41) is 59.1. The topological polar surface area (TPSA) is 368 Å². The molecule has 3 aromatic heterocycles. The number of aromatic nitrogens is 7. The van der Waals surface area contributed by atoms with Crippen LogP contribution in [0, 0.1) is 0 Å². The largest absolute Gasteiger partial charge is 0.483 e. The maximum absolute atomic E-state index is 12.6. The zero-order valence-electron chi connectivity index (χ0n) is 24.3. The highest BCUT2D eigenvalue weighted by Crippen LogP contribution is 2.61. The minimum absolute atomic E-state index is 0.0521. The van der Waals surface area contributed by atoms with Gasteiger partial charge in [-0.3, -0.25) is 23.4 Å². The fourth-order valence-corrected chi connectivity index (χ4v) is 6.88. The standard InChI is InChI=1S/C21H30N8O17P2/c1-2-41-19(36)7-3-28(27-26-7)4-8-11(30)13(32)15(34)20(44-8)45-48(39,40)46-47(37,38)42-5-9-12(31)14(33)18(43-9)29-6-23-10-16(29)24-21(22)25-17(10)35/h3,6,8-9,11-15,18,20,30-34H,2,4-5H2,1H3,(H,37,38)(H,39,40)(H3,22,24,25,35)/t8-,9+,11+,12+,13+,14+,15-,18+,20+/m0/s1. The minimum Gasteiger partial charge on any atom is -0.461 e. The Bertz CT molecular complexity index is 1790. The SMILES string of the molecule is CCOC(=O)c1cn(C[C@@H]2O[C@H](OP(=O)(O)OP(=O)(O)OC[C@H]3O[C@@H](n4cnc5c(=O)[nH]c(N)nc54)[C@H](O)[C@@H]3O)[C@@H](O)[C@H](O)[C@@H]2O)nn1. The van der Waals surface area contributed by atoms with Crippen LogP contribution in [-0.2, 0) is 43.2 Å². The van der Waals surface area contributed by atoms with Gasteiger partial charge in [-0.1, -0.05) is 5.21 Å². The van der Waals surface area contributed by atoms with Crippen LogP contribution >= 0.6 is 15.6 Å². The lowest BCUT2D eigenvalue weighted by Crippen LogP contribution is -2.58. The van der Waals surface area contributed by atoms with Crippen LogP contribution in [0.4, 0.5) is 5.95 Å². The number of nitrogen functional groups attached to an aromatic ring is 1. The molecule has 0 aliphatic carbocycles. The number of hydrogen-bond acceptors (Lipinski definition) is 20. The average Bonchev–Trinajstić information content (AvgIpc) is 3.71. The van der Waals surface area contributed by atoms with Gasteiger partial charge >= 0.3 is 21.6 Å². The number of H-pyrrole nitrogens is 1. The summed E-state index contributed by atoms with van der Waals surface area (Å²) in [7, 11) is -11.3. The van der Waals surface area contributed by atoms with Gasteiger partial charge in [0.15, 0.2) is 29.4 Å². The molecule has 0 amide bonds. The molecule has 11 atom stereocenters. The van der Waals surface area contributed by atoms with Crippen LogP contribution in [0.2, 0.25) is 0 Å². The van der Waals surface area contributed by atoms with Gasteiger partial charge in [0.05, 0.1) is 32.3 Å². The Kier molecular flexibility index (Phi) is 10.5. The highest BCUT2D eigenvalue weighted by atomic mass is 31.3. The molecule has 0 saturated carbocycles. The van der Waals surface area contributed by atoms with E-state index < -0.39 is 95.6 Å². The van der Waals surface area contributed by atoms with E-state index in [2.05, 4.69) is 38.6 Å². The van der Waals surface area contributed by atoms with Crippen molar-refractivity contribution in [2.75, 3.05) is 18.9 Å². The number of rotatable bonds is 12. The first-order chi connectivity index (χ1) is 22.5. The first-order valence-electron chi connectivity index (χ1n) is 13.7. The number of phosphoric ester groups is 2. The number of aliphatic hydroxyl groups is 5. The van der Waals surface area contributed by atoms with Crippen LogP contribution in [0.1, 0.15) is 23.6 Å². The van der Waals surface area contributed by atoms with Crippen molar-refractivity contribution in [3.8, 4) is 0 Å². The number of aliphatic hydroxyl groups excluding tert-OH is 5. The normalized spacial score (nSPS) is 31.8. The van der Waals surface area contributed by atoms with Gasteiger partial charge in [-0.2, -0.15) is 9.29 Å². The smallest absolute Gasteiger partial charge is 0.461 e. The summed E-state index contributed by atoms with van der Waals surface area (Å²) in [6.45, 7) is 0.150. The van der Waals surface area contributed by atoms with Gasteiger partial charge in [0.1, 0.15) is 42.7 Å². The van der Waals surface area contributed by atoms with Crippen LogP contribution in [-0.4, -0.2) is 138 Å². The first-order valence-corrected chi connectivity index (χ1v) is 16.7. The highest BCUT2D eigenvalue weighted by Gasteiger charge is 2.50. The Balaban J connectivity index is 1.20. The Morgan fingerprint density at radius 2 is 1.75 bits per heavy atom. The monoisotopic (exact) mass is 728 g/mol. The Hall–Kier alpha value is -3.26. The van der Waals surface area contributed by atoms with E-state index in [1.165, 1.54) is 0 Å². The van der Waals surface area contributed by atoms with Crippen molar-refractivity contribution in [2.24, 2.45) is 0 Å². The quantitative estimate of drug-likeness (QED) is 0.0631. The van der Waals surface area contributed by atoms with Gasteiger partial charge in [0, 0.05) is 0 Å². The molecule has 0 bridgehead atoms. The maximum Gasteiger partial charge on any atom is 0.483 e. The molecule has 0 aromatic carbocycles. The molecular formula is C21H30N8O17P2. The predicted molar refractivity (Wildman–Crippen MR) is 149 cm³/mol. The number of nitrogens with two attached hydrogens (primary N) is 1. The summed E-state index contributed by atoms with van der Waals surface area (Å²) >= 11 is 0. The summed E-state index contributed by atoms with van der Waals surface area (Å²) in [5.74, 6) is -1.10. The van der Waals surface area contributed by atoms with Crippen molar-refractivity contribution in [3.63, 3.8) is 0 Å². The van der Waals surface area contributed by atoms with Crippen molar-refractivity contribution in [1.29, 1.82) is 0 Å². The van der Waals surface area contributed by atoms with E-state index in [0.29, 0.717) is 0 Å². The summed E-state index contributed by atoms with van der Waals surface area (Å²) in [6.07, 6.45) is -14.2. The van der Waals surface area contributed by atoms with Crippen LogP contribution in [0.5, 0.6) is 0 Å². The fourth-order valence-electron chi connectivity index (χ4n) is 4.72. The number of carbonyl (C=O) groups is 1. The van der Waals surface area contributed by atoms with Gasteiger partial charge in [0.25, 0.3) is 5.56 Å². The number of nitrogens with one attached hydrogen (secondary N) is 1. The zero-order chi connectivity index (χ0) is 35.1. The van der Waals surface area contributed by atoms with Crippen molar-refractivity contribution in [2.45, 2.75) is 68.7 Å². The number of fused-ring (bicyclic) bond motifs is 1. The molecule has 266 valence electrons. The van der Waals surface area contributed by atoms with Gasteiger partial charge in [-0.05, 0) is 6.92 Å². The summed E-state index contributed by atoms with van der Waals surface area (Å²) in [4.78, 5) is 54.1. The fraction of sp³-hybridized carbons (Fsp3) is 0.619. The van der Waals surface area contributed by atoms with E-state index in [1.807, 2.05) is 0 Å². The van der Waals surface area contributed by atoms with Crippen LogP contribution in [0.25, 0.3) is 11.2 Å². The molecule has 5 heterocycles. The molecule has 0 spiro atoms. The van der Waals surface area contributed by atoms with Crippen molar-refractivity contribution >= 4 is 38.7 Å². The maximum atomic E-state index is 12.6. The molecule has 25 nitrogen and oxygen atoms in total. The van der Waals surface area contributed by atoms with E-state index >= 15 is 0 Å². The molecule has 2 aliphatic heterocycles.